The minimum absolute atomic E-state index is 0.404. The summed E-state index contributed by atoms with van der Waals surface area (Å²) in [5.41, 5.74) is 0. The van der Waals surface area contributed by atoms with Gasteiger partial charge in [0.05, 0.1) is 6.42 Å². The molecule has 0 N–H and O–H groups in total. The van der Waals surface area contributed by atoms with Crippen molar-refractivity contribution in [1.29, 1.82) is 0 Å². The maximum atomic E-state index is 10.4. The highest BCUT2D eigenvalue weighted by atomic mass is 35.5. The third kappa shape index (κ3) is 4.70. The van der Waals surface area contributed by atoms with E-state index in [0.717, 1.165) is 0 Å². The molecule has 0 bridgehead atoms. The minimum atomic E-state index is -1.15. The molecule has 0 heterocycles. The van der Waals surface area contributed by atoms with Crippen LogP contribution in [0.5, 0.6) is 0 Å². The Labute approximate surface area is 67.1 Å². The molecule has 5 heteroatoms. The number of alkyl halides is 2. The number of carbonyl (C=O) groups is 2. The largest absolute Gasteiger partial charge is 0.296 e. The molecule has 0 spiro atoms. The quantitative estimate of drug-likeness (QED) is 0.383. The molecule has 0 radical (unpaired) electrons. The van der Waals surface area contributed by atoms with Gasteiger partial charge in [-0.15, -0.1) is 0 Å². The monoisotopic (exact) mass is 188 g/mol. The van der Waals surface area contributed by atoms with Crippen LogP contribution in [0.2, 0.25) is 0 Å². The van der Waals surface area contributed by atoms with Crippen LogP contribution in [-0.2, 0) is 9.59 Å². The maximum Gasteiger partial charge on any atom is 0.229 e. The van der Waals surface area contributed by atoms with E-state index in [-0.39, 0.29) is 0 Å². The SMILES string of the molecule is O=C(Cl)CC(=O)C(Cl)Cl. The van der Waals surface area contributed by atoms with Crippen molar-refractivity contribution in [3.8, 4) is 0 Å². The number of carbonyl (C=O) groups excluding carboxylic acids is 2. The van der Waals surface area contributed by atoms with Crippen molar-refractivity contribution in [2.75, 3.05) is 0 Å². The molecule has 52 valence electrons. The fourth-order valence-electron chi connectivity index (χ4n) is 0.214. The van der Waals surface area contributed by atoms with E-state index in [4.69, 9.17) is 34.8 Å². The molecule has 0 aliphatic heterocycles. The van der Waals surface area contributed by atoms with Gasteiger partial charge in [-0.25, -0.2) is 0 Å². The Balaban J connectivity index is 3.64. The molecule has 0 amide bonds. The van der Waals surface area contributed by atoms with E-state index in [2.05, 4.69) is 0 Å². The van der Waals surface area contributed by atoms with Crippen LogP contribution >= 0.6 is 34.8 Å². The molecule has 0 aromatic heterocycles. The minimum Gasteiger partial charge on any atom is -0.296 e. The molecule has 0 unspecified atom stereocenters. The van der Waals surface area contributed by atoms with Crippen LogP contribution in [0.1, 0.15) is 6.42 Å². The molecule has 9 heavy (non-hydrogen) atoms. The Morgan fingerprint density at radius 1 is 1.33 bits per heavy atom. The van der Waals surface area contributed by atoms with E-state index in [1.54, 1.807) is 0 Å². The maximum absolute atomic E-state index is 10.4. The van der Waals surface area contributed by atoms with E-state index < -0.39 is 22.3 Å². The van der Waals surface area contributed by atoms with Crippen molar-refractivity contribution in [3.63, 3.8) is 0 Å². The lowest BCUT2D eigenvalue weighted by molar-refractivity contribution is -0.122. The van der Waals surface area contributed by atoms with Gasteiger partial charge in [0.1, 0.15) is 0 Å². The average molecular weight is 189 g/mol. The zero-order valence-corrected chi connectivity index (χ0v) is 6.50. The van der Waals surface area contributed by atoms with Gasteiger partial charge in [0, 0.05) is 0 Å². The average Bonchev–Trinajstić information content (AvgIpc) is 1.63. The summed E-state index contributed by atoms with van der Waals surface area (Å²) in [6.45, 7) is 0. The third-order valence-corrected chi connectivity index (χ3v) is 1.18. The van der Waals surface area contributed by atoms with Gasteiger partial charge in [-0.3, -0.25) is 9.59 Å². The first kappa shape index (κ1) is 9.21. The molecule has 0 saturated heterocycles. The predicted molar refractivity (Wildman–Crippen MR) is 36.0 cm³/mol. The number of hydrogen-bond acceptors (Lipinski definition) is 2. The molecular formula is C4H3Cl3O2. The van der Waals surface area contributed by atoms with Crippen molar-refractivity contribution in [3.05, 3.63) is 0 Å². The summed E-state index contributed by atoms with van der Waals surface area (Å²) in [4.78, 5) is 19.2. The van der Waals surface area contributed by atoms with Crippen LogP contribution in [-0.4, -0.2) is 15.9 Å². The summed E-state index contributed by atoms with van der Waals surface area (Å²) >= 11 is 15.0. The topological polar surface area (TPSA) is 34.1 Å². The van der Waals surface area contributed by atoms with Gasteiger partial charge in [0.15, 0.2) is 10.6 Å². The second-order valence-electron chi connectivity index (χ2n) is 1.30. The summed E-state index contributed by atoms with van der Waals surface area (Å²) < 4.78 is 0. The van der Waals surface area contributed by atoms with Crippen molar-refractivity contribution in [1.82, 2.24) is 0 Å². The van der Waals surface area contributed by atoms with Crippen LogP contribution < -0.4 is 0 Å². The molecule has 0 rings (SSSR count). The lowest BCUT2D eigenvalue weighted by Crippen LogP contribution is -2.10. The van der Waals surface area contributed by atoms with Gasteiger partial charge in [-0.05, 0) is 11.6 Å². The fourth-order valence-corrected chi connectivity index (χ4v) is 0.500. The Morgan fingerprint density at radius 2 is 1.78 bits per heavy atom. The summed E-state index contributed by atoms with van der Waals surface area (Å²) in [5.74, 6) is -0.571. The predicted octanol–water partition coefficient (Wildman–Crippen LogP) is 1.51. The van der Waals surface area contributed by atoms with Gasteiger partial charge < -0.3 is 0 Å². The molecule has 0 aromatic rings. The molecule has 0 saturated carbocycles. The molecule has 2 nitrogen and oxygen atoms in total. The molecule has 0 fully saturated rings. The highest BCUT2D eigenvalue weighted by Crippen LogP contribution is 2.06. The first-order valence-corrected chi connectivity index (χ1v) is 3.28. The van der Waals surface area contributed by atoms with E-state index >= 15 is 0 Å². The normalized spacial score (nSPS) is 9.78. The Morgan fingerprint density at radius 3 is 1.89 bits per heavy atom. The third-order valence-electron chi connectivity index (χ3n) is 0.557. The first-order chi connectivity index (χ1) is 4.04. The lowest BCUT2D eigenvalue weighted by Gasteiger charge is -1.93. The van der Waals surface area contributed by atoms with Crippen molar-refractivity contribution >= 4 is 45.8 Å². The zero-order valence-electron chi connectivity index (χ0n) is 4.23. The highest BCUT2D eigenvalue weighted by molar-refractivity contribution is 6.66. The molecular weight excluding hydrogens is 186 g/mol. The highest BCUT2D eigenvalue weighted by Gasteiger charge is 2.13. The number of hydrogen-bond donors (Lipinski definition) is 0. The second kappa shape index (κ2) is 4.09. The smallest absolute Gasteiger partial charge is 0.229 e. The Hall–Kier alpha value is 0.210. The summed E-state index contributed by atoms with van der Waals surface area (Å²) in [6.07, 6.45) is -0.404. The molecule has 0 aliphatic rings. The first-order valence-electron chi connectivity index (χ1n) is 2.03. The Kier molecular flexibility index (Phi) is 4.19. The standard InChI is InChI=1S/C4H3Cl3O2/c5-3(9)1-2(8)4(6)7/h4H,1H2. The molecule has 0 aromatic carbocycles. The van der Waals surface area contributed by atoms with Crippen LogP contribution in [0.4, 0.5) is 0 Å². The Bertz CT molecular complexity index is 132. The lowest BCUT2D eigenvalue weighted by atomic mass is 10.3. The number of rotatable bonds is 3. The number of ketones is 1. The van der Waals surface area contributed by atoms with Crippen LogP contribution in [0.25, 0.3) is 0 Å². The summed E-state index contributed by atoms with van der Waals surface area (Å²) in [6, 6.07) is 0. The van der Waals surface area contributed by atoms with Crippen LogP contribution in [0.15, 0.2) is 0 Å². The van der Waals surface area contributed by atoms with Gasteiger partial charge in [-0.1, -0.05) is 23.2 Å². The van der Waals surface area contributed by atoms with E-state index in [0.29, 0.717) is 0 Å². The zero-order chi connectivity index (χ0) is 7.44. The summed E-state index contributed by atoms with van der Waals surface area (Å²) in [7, 11) is 0. The van der Waals surface area contributed by atoms with Crippen molar-refractivity contribution in [2.24, 2.45) is 0 Å². The second-order valence-corrected chi connectivity index (χ2v) is 2.82. The molecule has 0 atom stereocenters. The number of halogens is 3. The van der Waals surface area contributed by atoms with Gasteiger partial charge >= 0.3 is 0 Å². The van der Waals surface area contributed by atoms with Crippen LogP contribution in [0.3, 0.4) is 0 Å². The van der Waals surface area contributed by atoms with E-state index in [1.165, 1.54) is 0 Å². The van der Waals surface area contributed by atoms with Crippen molar-refractivity contribution in [2.45, 2.75) is 11.3 Å². The fraction of sp³-hybridized carbons (Fsp3) is 0.500. The number of Topliss-reactive ketones (excluding diaryl/α,β-unsaturated/α-hetero) is 1. The molecule has 0 aliphatic carbocycles. The van der Waals surface area contributed by atoms with Gasteiger partial charge in [0.2, 0.25) is 5.24 Å². The van der Waals surface area contributed by atoms with Crippen molar-refractivity contribution < 1.29 is 9.59 Å². The van der Waals surface area contributed by atoms with Crippen LogP contribution in [0, 0.1) is 0 Å². The van der Waals surface area contributed by atoms with Gasteiger partial charge in [0.25, 0.3) is 0 Å². The van der Waals surface area contributed by atoms with Gasteiger partial charge in [-0.2, -0.15) is 0 Å². The summed E-state index contributed by atoms with van der Waals surface area (Å²) in [5, 5.41) is -0.744. The van der Waals surface area contributed by atoms with E-state index in [1.807, 2.05) is 0 Å². The van der Waals surface area contributed by atoms with E-state index in [9.17, 15) is 9.59 Å².